The Labute approximate surface area is 82.1 Å². The quantitative estimate of drug-likeness (QED) is 0.652. The summed E-state index contributed by atoms with van der Waals surface area (Å²) in [4.78, 5) is 14.8. The van der Waals surface area contributed by atoms with E-state index in [0.29, 0.717) is 5.69 Å². The monoisotopic (exact) mass is 190 g/mol. The van der Waals surface area contributed by atoms with Gasteiger partial charge in [0, 0.05) is 6.20 Å². The molecule has 1 aromatic rings. The normalized spacial score (nSPS) is 9.21. The lowest BCUT2D eigenvalue weighted by atomic mass is 10.1. The molecule has 72 valence electrons. The van der Waals surface area contributed by atoms with Gasteiger partial charge in [0.05, 0.1) is 13.5 Å². The average molecular weight is 190 g/mol. The molecular weight excluding hydrogens is 180 g/mol. The molecule has 4 nitrogen and oxygen atoms in total. The van der Waals surface area contributed by atoms with Crippen LogP contribution in [0.2, 0.25) is 0 Å². The zero-order valence-corrected chi connectivity index (χ0v) is 8.07. The van der Waals surface area contributed by atoms with Gasteiger partial charge in [-0.05, 0) is 24.1 Å². The topological polar surface area (TPSA) is 63.0 Å². The van der Waals surface area contributed by atoms with Gasteiger partial charge in [0.25, 0.3) is 0 Å². The fourth-order valence-electron chi connectivity index (χ4n) is 1.06. The van der Waals surface area contributed by atoms with Gasteiger partial charge in [0.2, 0.25) is 0 Å². The fraction of sp³-hybridized carbons (Fsp3) is 0.300. The number of aromatic nitrogens is 1. The lowest BCUT2D eigenvalue weighted by Crippen LogP contribution is -2.06. The van der Waals surface area contributed by atoms with E-state index in [4.69, 9.17) is 5.26 Å². The molecule has 0 unspecified atom stereocenters. The lowest BCUT2D eigenvalue weighted by Gasteiger charge is -2.03. The maximum absolute atomic E-state index is 11.0. The Morgan fingerprint density at radius 1 is 1.71 bits per heavy atom. The molecule has 1 aromatic heterocycles. The van der Waals surface area contributed by atoms with E-state index < -0.39 is 0 Å². The number of nitriles is 1. The average Bonchev–Trinajstić information content (AvgIpc) is 2.20. The molecule has 0 aliphatic rings. The summed E-state index contributed by atoms with van der Waals surface area (Å²) in [5.41, 5.74) is 2.02. The summed E-state index contributed by atoms with van der Waals surface area (Å²) in [6, 6.07) is 3.59. The van der Waals surface area contributed by atoms with Crippen molar-refractivity contribution in [1.82, 2.24) is 4.98 Å². The Morgan fingerprint density at radius 3 is 2.93 bits per heavy atom. The summed E-state index contributed by atoms with van der Waals surface area (Å²) in [6.07, 6.45) is 1.73. The molecule has 0 atom stereocenters. The molecule has 0 aromatic carbocycles. The number of rotatable bonds is 2. The summed E-state index contributed by atoms with van der Waals surface area (Å²) in [7, 11) is 1.34. The molecule has 0 radical (unpaired) electrons. The summed E-state index contributed by atoms with van der Waals surface area (Å²) >= 11 is 0. The molecule has 0 spiro atoms. The van der Waals surface area contributed by atoms with Crippen LogP contribution < -0.4 is 0 Å². The smallest absolute Gasteiger partial charge is 0.310 e. The zero-order valence-electron chi connectivity index (χ0n) is 8.07. The Kier molecular flexibility index (Phi) is 3.19. The third-order valence-corrected chi connectivity index (χ3v) is 1.90. The molecule has 1 heterocycles. The van der Waals surface area contributed by atoms with Crippen LogP contribution in [0.5, 0.6) is 0 Å². The van der Waals surface area contributed by atoms with Crippen LogP contribution in [0.25, 0.3) is 0 Å². The highest BCUT2D eigenvalue weighted by atomic mass is 16.5. The van der Waals surface area contributed by atoms with Crippen molar-refractivity contribution in [3.63, 3.8) is 0 Å². The maximum atomic E-state index is 11.0. The van der Waals surface area contributed by atoms with Crippen molar-refractivity contribution in [3.8, 4) is 6.07 Å². The number of esters is 1. The standard InChI is InChI=1S/C10H10N2O2/c1-7-3-9(5-11)12-6-8(7)4-10(13)14-2/h3,6H,4H2,1-2H3. The van der Waals surface area contributed by atoms with Crippen LogP contribution in [0.15, 0.2) is 12.3 Å². The van der Waals surface area contributed by atoms with Crippen LogP contribution in [-0.4, -0.2) is 18.1 Å². The van der Waals surface area contributed by atoms with Crippen LogP contribution in [0.3, 0.4) is 0 Å². The van der Waals surface area contributed by atoms with E-state index in [-0.39, 0.29) is 12.4 Å². The van der Waals surface area contributed by atoms with Crippen LogP contribution in [-0.2, 0) is 16.0 Å². The van der Waals surface area contributed by atoms with Crippen molar-refractivity contribution < 1.29 is 9.53 Å². The van der Waals surface area contributed by atoms with Gasteiger partial charge >= 0.3 is 5.97 Å². The molecule has 0 saturated carbocycles. The van der Waals surface area contributed by atoms with Gasteiger partial charge in [-0.2, -0.15) is 5.26 Å². The first-order valence-electron chi connectivity index (χ1n) is 4.10. The summed E-state index contributed by atoms with van der Waals surface area (Å²) in [5, 5.41) is 8.58. The minimum atomic E-state index is -0.306. The Balaban J connectivity index is 2.90. The fourth-order valence-corrected chi connectivity index (χ4v) is 1.06. The van der Waals surface area contributed by atoms with Crippen molar-refractivity contribution >= 4 is 5.97 Å². The number of methoxy groups -OCH3 is 1. The predicted octanol–water partition coefficient (Wildman–Crippen LogP) is 0.977. The number of hydrogen-bond acceptors (Lipinski definition) is 4. The second kappa shape index (κ2) is 4.38. The van der Waals surface area contributed by atoms with Crippen LogP contribution in [0.1, 0.15) is 16.8 Å². The second-order valence-corrected chi connectivity index (χ2v) is 2.86. The Morgan fingerprint density at radius 2 is 2.43 bits per heavy atom. The second-order valence-electron chi connectivity index (χ2n) is 2.86. The Bertz CT molecular complexity index is 394. The highest BCUT2D eigenvalue weighted by Gasteiger charge is 2.06. The maximum Gasteiger partial charge on any atom is 0.310 e. The number of nitrogens with zero attached hydrogens (tertiary/aromatic N) is 2. The summed E-state index contributed by atoms with van der Waals surface area (Å²) in [5.74, 6) is -0.306. The molecule has 0 bridgehead atoms. The van der Waals surface area contributed by atoms with Gasteiger partial charge < -0.3 is 4.74 Å². The first kappa shape index (κ1) is 10.2. The molecule has 0 aliphatic carbocycles. The lowest BCUT2D eigenvalue weighted by molar-refractivity contribution is -0.139. The largest absolute Gasteiger partial charge is 0.469 e. The van der Waals surface area contributed by atoms with Crippen molar-refractivity contribution in [2.75, 3.05) is 7.11 Å². The van der Waals surface area contributed by atoms with Gasteiger partial charge in [-0.15, -0.1) is 0 Å². The van der Waals surface area contributed by atoms with Gasteiger partial charge in [0.1, 0.15) is 11.8 Å². The van der Waals surface area contributed by atoms with Crippen LogP contribution >= 0.6 is 0 Å². The van der Waals surface area contributed by atoms with E-state index in [9.17, 15) is 4.79 Å². The molecule has 14 heavy (non-hydrogen) atoms. The highest BCUT2D eigenvalue weighted by molar-refractivity contribution is 5.72. The minimum absolute atomic E-state index is 0.195. The molecule has 0 saturated heterocycles. The molecule has 4 heteroatoms. The molecule has 1 rings (SSSR count). The van der Waals surface area contributed by atoms with Crippen molar-refractivity contribution in [2.24, 2.45) is 0 Å². The number of carbonyl (C=O) groups excluding carboxylic acids is 1. The number of ether oxygens (including phenoxy) is 1. The number of aryl methyl sites for hydroxylation is 1. The SMILES string of the molecule is COC(=O)Cc1cnc(C#N)cc1C. The van der Waals surface area contributed by atoms with E-state index in [1.807, 2.05) is 13.0 Å². The first-order chi connectivity index (χ1) is 6.67. The van der Waals surface area contributed by atoms with Crippen molar-refractivity contribution in [1.29, 1.82) is 5.26 Å². The molecular formula is C10H10N2O2. The number of pyridine rings is 1. The number of carbonyl (C=O) groups is 1. The zero-order chi connectivity index (χ0) is 10.6. The van der Waals surface area contributed by atoms with Crippen molar-refractivity contribution in [3.05, 3.63) is 29.1 Å². The van der Waals surface area contributed by atoms with E-state index in [2.05, 4.69) is 9.72 Å². The third kappa shape index (κ3) is 2.30. The predicted molar refractivity (Wildman–Crippen MR) is 49.4 cm³/mol. The van der Waals surface area contributed by atoms with E-state index >= 15 is 0 Å². The van der Waals surface area contributed by atoms with Crippen LogP contribution in [0.4, 0.5) is 0 Å². The van der Waals surface area contributed by atoms with E-state index in [0.717, 1.165) is 11.1 Å². The summed E-state index contributed by atoms with van der Waals surface area (Å²) < 4.78 is 4.53. The Hall–Kier alpha value is -1.89. The molecule has 0 amide bonds. The third-order valence-electron chi connectivity index (χ3n) is 1.90. The number of hydrogen-bond donors (Lipinski definition) is 0. The summed E-state index contributed by atoms with van der Waals surface area (Å²) in [6.45, 7) is 1.83. The van der Waals surface area contributed by atoms with Gasteiger partial charge in [-0.3, -0.25) is 4.79 Å². The minimum Gasteiger partial charge on any atom is -0.469 e. The van der Waals surface area contributed by atoms with Gasteiger partial charge in [-0.25, -0.2) is 4.98 Å². The first-order valence-corrected chi connectivity index (χ1v) is 4.10. The molecule has 0 aliphatic heterocycles. The van der Waals surface area contributed by atoms with E-state index in [1.165, 1.54) is 13.3 Å². The van der Waals surface area contributed by atoms with E-state index in [1.54, 1.807) is 6.07 Å². The van der Waals surface area contributed by atoms with Gasteiger partial charge in [-0.1, -0.05) is 0 Å². The molecule has 0 N–H and O–H groups in total. The molecule has 0 fully saturated rings. The van der Waals surface area contributed by atoms with Gasteiger partial charge in [0.15, 0.2) is 0 Å². The van der Waals surface area contributed by atoms with Crippen molar-refractivity contribution in [2.45, 2.75) is 13.3 Å². The highest BCUT2D eigenvalue weighted by Crippen LogP contribution is 2.08. The van der Waals surface area contributed by atoms with Crippen LogP contribution in [0, 0.1) is 18.3 Å².